The molecule has 1 amide bonds. The largest absolute Gasteiger partial charge is 0.443 e. The van der Waals surface area contributed by atoms with Crippen molar-refractivity contribution in [3.63, 3.8) is 0 Å². The van der Waals surface area contributed by atoms with E-state index in [0.717, 1.165) is 17.7 Å². The number of hydrogen-bond donors (Lipinski definition) is 3. The number of amides is 1. The summed E-state index contributed by atoms with van der Waals surface area (Å²) in [5.74, 6) is 0.167. The number of hydrogen-bond acceptors (Lipinski definition) is 14. The molecule has 3 aromatic carbocycles. The van der Waals surface area contributed by atoms with E-state index in [2.05, 4.69) is 22.8 Å². The second-order valence-corrected chi connectivity index (χ2v) is 24.2. The average molecular weight is 1010 g/mol. The molecule has 3 aromatic rings. The Hall–Kier alpha value is -4.77. The first-order valence-corrected chi connectivity index (χ1v) is 26.9. The third-order valence-corrected chi connectivity index (χ3v) is 16.3. The van der Waals surface area contributed by atoms with Gasteiger partial charge in [-0.05, 0) is 91.4 Å². The molecule has 382 valence electrons. The molecule has 5 atom stereocenters. The van der Waals surface area contributed by atoms with Crippen LogP contribution in [0.15, 0.2) is 88.7 Å². The van der Waals surface area contributed by atoms with E-state index in [0.29, 0.717) is 56.0 Å². The van der Waals surface area contributed by atoms with E-state index in [1.54, 1.807) is 41.7 Å². The number of benzene rings is 3. The van der Waals surface area contributed by atoms with Gasteiger partial charge in [-0.15, -0.1) is 0 Å². The number of nitrogens with one attached hydrogen (secondary N) is 2. The molecular weight excluding hydrogens is 934 g/mol. The number of aliphatic hydroxyl groups excluding tert-OH is 1. The van der Waals surface area contributed by atoms with Gasteiger partial charge in [-0.3, -0.25) is 0 Å². The van der Waals surface area contributed by atoms with Crippen molar-refractivity contribution in [1.29, 1.82) is 10.5 Å². The van der Waals surface area contributed by atoms with E-state index in [-0.39, 0.29) is 68.0 Å². The minimum atomic E-state index is -4.13. The van der Waals surface area contributed by atoms with Crippen LogP contribution in [0.3, 0.4) is 0 Å². The Morgan fingerprint density at radius 1 is 0.871 bits per heavy atom. The van der Waals surface area contributed by atoms with Crippen LogP contribution in [0.2, 0.25) is 0 Å². The summed E-state index contributed by atoms with van der Waals surface area (Å²) in [5.41, 5.74) is 1.47. The lowest BCUT2D eigenvalue weighted by atomic mass is 9.88. The van der Waals surface area contributed by atoms with E-state index in [9.17, 15) is 32.0 Å². The van der Waals surface area contributed by atoms with Crippen LogP contribution in [0, 0.1) is 45.3 Å². The molecule has 0 aliphatic carbocycles. The molecule has 70 heavy (non-hydrogen) atoms. The van der Waals surface area contributed by atoms with Crippen molar-refractivity contribution >= 4 is 44.6 Å². The molecule has 0 aromatic heterocycles. The number of nitriles is 2. The van der Waals surface area contributed by atoms with Gasteiger partial charge in [0.1, 0.15) is 6.10 Å². The van der Waals surface area contributed by atoms with Gasteiger partial charge < -0.3 is 39.4 Å². The van der Waals surface area contributed by atoms with Gasteiger partial charge in [-0.2, -0.15) is 19.1 Å². The Bertz CT molecular complexity index is 2480. The Balaban J connectivity index is 0.000000321. The molecule has 3 aliphatic heterocycles. The summed E-state index contributed by atoms with van der Waals surface area (Å²) in [6.07, 6.45) is -0.118. The summed E-state index contributed by atoms with van der Waals surface area (Å²) >= 11 is 0. The fourth-order valence-electron chi connectivity index (χ4n) is 8.57. The highest BCUT2D eigenvalue weighted by molar-refractivity contribution is 7.89. The summed E-state index contributed by atoms with van der Waals surface area (Å²) in [7, 11) is -4.20. The van der Waals surface area contributed by atoms with Crippen LogP contribution in [0.4, 0.5) is 16.2 Å². The van der Waals surface area contributed by atoms with Gasteiger partial charge in [0.15, 0.2) is 6.29 Å². The summed E-state index contributed by atoms with van der Waals surface area (Å²) in [5, 5.41) is 35.5. The molecule has 0 bridgehead atoms. The number of nitrogens with zero attached hydrogens (tertiary/aromatic N) is 5. The van der Waals surface area contributed by atoms with Crippen molar-refractivity contribution in [3.05, 3.63) is 84.4 Å². The normalized spacial score (nSPS) is 18.8. The second kappa shape index (κ2) is 25.1. The lowest BCUT2D eigenvalue weighted by Crippen LogP contribution is -2.52. The maximum atomic E-state index is 14.3. The maximum Gasteiger partial charge on any atom is 0.440 e. The molecule has 0 radical (unpaired) electrons. The van der Waals surface area contributed by atoms with Crippen molar-refractivity contribution in [1.82, 2.24) is 13.9 Å². The van der Waals surface area contributed by atoms with Crippen LogP contribution in [0.1, 0.15) is 79.2 Å². The number of sulfonamides is 2. The number of alkyl carbamates (subject to hydrolysis) is 1. The Kier molecular flexibility index (Phi) is 20.1. The number of anilines is 2. The first-order chi connectivity index (χ1) is 33.1. The van der Waals surface area contributed by atoms with Crippen molar-refractivity contribution in [3.8, 4) is 12.1 Å². The van der Waals surface area contributed by atoms with Crippen LogP contribution in [0.25, 0.3) is 0 Å². The van der Waals surface area contributed by atoms with Crippen molar-refractivity contribution in [2.75, 3.05) is 70.1 Å². The number of fused-ring (bicyclic) bond motifs is 1. The van der Waals surface area contributed by atoms with Gasteiger partial charge in [0.05, 0.1) is 59.7 Å². The molecule has 0 saturated carbocycles. The number of ether oxygens (including phenoxy) is 3. The van der Waals surface area contributed by atoms with Crippen molar-refractivity contribution < 1.29 is 45.6 Å². The van der Waals surface area contributed by atoms with Gasteiger partial charge in [0.25, 0.3) is 0 Å². The molecule has 20 heteroatoms. The zero-order valence-electron chi connectivity index (χ0n) is 41.9. The first-order valence-electron chi connectivity index (χ1n) is 24.0. The Labute approximate surface area is 416 Å². The van der Waals surface area contributed by atoms with Gasteiger partial charge >= 0.3 is 13.1 Å². The highest BCUT2D eigenvalue weighted by atomic mass is 32.2. The quantitative estimate of drug-likeness (QED) is 0.0630. The van der Waals surface area contributed by atoms with Gasteiger partial charge in [-0.1, -0.05) is 84.0 Å². The average Bonchev–Trinajstić information content (AvgIpc) is 3.96. The number of rotatable bonds is 24. The molecule has 17 nitrogen and oxygen atoms in total. The zero-order valence-corrected chi connectivity index (χ0v) is 43.5. The summed E-state index contributed by atoms with van der Waals surface area (Å²) in [6.45, 7) is 13.8. The number of carbonyl (C=O) groups excluding carboxylic acids is 1. The third kappa shape index (κ3) is 16.1. The minimum Gasteiger partial charge on any atom is -0.443 e. The van der Waals surface area contributed by atoms with Crippen molar-refractivity contribution in [2.45, 2.75) is 114 Å². The van der Waals surface area contributed by atoms with Gasteiger partial charge in [-0.25, -0.2) is 21.6 Å². The van der Waals surface area contributed by atoms with E-state index in [4.69, 9.17) is 24.1 Å². The fraction of sp³-hybridized carbons (Fsp3) is 0.580. The fourth-order valence-corrected chi connectivity index (χ4v) is 12.1. The highest BCUT2D eigenvalue weighted by Crippen LogP contribution is 2.34. The van der Waals surface area contributed by atoms with Gasteiger partial charge in [0.2, 0.25) is 20.0 Å². The van der Waals surface area contributed by atoms with Crippen molar-refractivity contribution in [2.24, 2.45) is 22.7 Å². The zero-order chi connectivity index (χ0) is 51.3. The third-order valence-electron chi connectivity index (χ3n) is 12.7. The van der Waals surface area contributed by atoms with Gasteiger partial charge in [0, 0.05) is 57.4 Å². The molecule has 6 rings (SSSR count). The molecule has 0 unspecified atom stereocenters. The van der Waals surface area contributed by atoms with Crippen LogP contribution in [-0.2, 0) is 45.3 Å². The Morgan fingerprint density at radius 2 is 1.46 bits per heavy atom. The first kappa shape index (κ1) is 56.2. The molecule has 3 aliphatic rings. The second-order valence-electron chi connectivity index (χ2n) is 20.3. The minimum absolute atomic E-state index is 0.0465. The van der Waals surface area contributed by atoms with Crippen LogP contribution >= 0.6 is 0 Å². The molecular formula is C50H72BN7O10S2. The maximum absolute atomic E-state index is 14.3. The highest BCUT2D eigenvalue weighted by Gasteiger charge is 2.44. The molecule has 3 N–H and O–H groups in total. The van der Waals surface area contributed by atoms with Crippen LogP contribution < -0.4 is 15.4 Å². The number of carbonyl (C=O) groups is 1. The molecule has 0 spiro atoms. The molecule has 3 heterocycles. The lowest BCUT2D eigenvalue weighted by Gasteiger charge is -2.35. The summed E-state index contributed by atoms with van der Waals surface area (Å²) < 4.78 is 79.9. The standard InChI is InChI=1S/C32H43BN4O8S.C18H29N3O2S/c1-32(2,14-8-15-34)21-37(46(40,41)25-12-7-11-24(18-25)36(3)33-22-44-33)19-28(38)27(17-23-9-5-4-6-10-23)35-31(39)45-29-20-43-30-26(29)13-16-42-30;1-15(2)13-21(14-18(3,4)10-7-11-19)24(22,23)17-9-6-8-16(12-17)20-5/h4-7,9-12,18,26-30,38H,8,13-14,16-17,19-22H2,1-3H3,(H,35,39);6,8-9,12,15,20H,7,10,13-14H2,1-5H3/t26-,27-,28+,29-,30+;/m0./s1. The summed E-state index contributed by atoms with van der Waals surface area (Å²) in [4.78, 5) is 15.4. The van der Waals surface area contributed by atoms with Crippen LogP contribution in [0.5, 0.6) is 0 Å². The number of aliphatic hydroxyl groups is 1. The smallest absolute Gasteiger partial charge is 0.440 e. The molecule has 3 fully saturated rings. The van der Waals surface area contributed by atoms with E-state index >= 15 is 0 Å². The van der Waals surface area contributed by atoms with E-state index in [1.165, 1.54) is 10.4 Å². The topological polar surface area (TPSA) is 227 Å². The summed E-state index contributed by atoms with van der Waals surface area (Å²) in [6, 6.07) is 26.2. The van der Waals surface area contributed by atoms with E-state index in [1.807, 2.05) is 95.9 Å². The predicted octanol–water partition coefficient (Wildman–Crippen LogP) is 6.67. The monoisotopic (exact) mass is 1010 g/mol. The van der Waals surface area contributed by atoms with Crippen LogP contribution in [-0.4, -0.2) is 128 Å². The lowest BCUT2D eigenvalue weighted by molar-refractivity contribution is -0.0907. The molecule has 3 saturated heterocycles. The Morgan fingerprint density at radius 3 is 2.03 bits per heavy atom. The van der Waals surface area contributed by atoms with E-state index < -0.39 is 49.8 Å². The SMILES string of the molecule is CN(B1CO1)c1cccc(S(=O)(=O)N(C[C@@H](O)[C@H](Cc2ccccc2)NC(=O)O[C@H]2CO[C@H]3OCC[C@H]32)CC(C)(C)CCC#N)c1.CNc1cccc(S(=O)(=O)N(CC(C)C)CC(C)(C)CCC#N)c1. The predicted molar refractivity (Wildman–Crippen MR) is 269 cm³/mol.